The zero-order valence-electron chi connectivity index (χ0n) is 11.5. The molecule has 1 rings (SSSR count). The highest BCUT2D eigenvalue weighted by molar-refractivity contribution is 6.30. The lowest BCUT2D eigenvalue weighted by molar-refractivity contribution is -0.0989. The van der Waals surface area contributed by atoms with Gasteiger partial charge in [0.15, 0.2) is 6.29 Å². The maximum Gasteiger partial charge on any atom is 0.169 e. The second-order valence-electron chi connectivity index (χ2n) is 4.25. The Morgan fingerprint density at radius 2 is 1.94 bits per heavy atom. The molecule has 0 radical (unpaired) electrons. The highest BCUT2D eigenvalue weighted by Gasteiger charge is 2.08. The molecular weight excluding hydrogens is 250 g/mol. The minimum absolute atomic E-state index is 0.213. The van der Waals surface area contributed by atoms with Gasteiger partial charge in [-0.3, -0.25) is 0 Å². The van der Waals surface area contributed by atoms with Crippen LogP contribution >= 0.6 is 11.6 Å². The third kappa shape index (κ3) is 4.25. The van der Waals surface area contributed by atoms with Crippen molar-refractivity contribution < 1.29 is 9.47 Å². The zero-order valence-corrected chi connectivity index (χ0v) is 12.3. The highest BCUT2D eigenvalue weighted by atomic mass is 35.5. The van der Waals surface area contributed by atoms with Gasteiger partial charge in [0.1, 0.15) is 0 Å². The normalized spacial score (nSPS) is 11.2. The molecule has 0 aliphatic carbocycles. The molecule has 4 heteroatoms. The second-order valence-corrected chi connectivity index (χ2v) is 4.68. The number of nitrogens with one attached hydrogen (secondary N) is 1. The molecule has 0 aliphatic heterocycles. The van der Waals surface area contributed by atoms with Crippen LogP contribution in [0.15, 0.2) is 12.1 Å². The molecule has 0 unspecified atom stereocenters. The van der Waals surface area contributed by atoms with Crippen LogP contribution < -0.4 is 5.32 Å². The van der Waals surface area contributed by atoms with E-state index in [-0.39, 0.29) is 6.29 Å². The van der Waals surface area contributed by atoms with E-state index in [1.165, 1.54) is 16.7 Å². The molecule has 0 aromatic heterocycles. The maximum absolute atomic E-state index is 6.10. The largest absolute Gasteiger partial charge is 0.355 e. The van der Waals surface area contributed by atoms with Gasteiger partial charge in [0.2, 0.25) is 0 Å². The Labute approximate surface area is 114 Å². The fourth-order valence-corrected chi connectivity index (χ4v) is 2.39. The van der Waals surface area contributed by atoms with Crippen molar-refractivity contribution in [1.82, 2.24) is 5.32 Å². The van der Waals surface area contributed by atoms with E-state index < -0.39 is 0 Å². The molecule has 0 heterocycles. The molecule has 0 spiro atoms. The first-order valence-corrected chi connectivity index (χ1v) is 6.54. The summed E-state index contributed by atoms with van der Waals surface area (Å²) in [6, 6.07) is 4.03. The van der Waals surface area contributed by atoms with Crippen molar-refractivity contribution in [3.8, 4) is 0 Å². The lowest BCUT2D eigenvalue weighted by atomic mass is 9.99. The van der Waals surface area contributed by atoms with Crippen LogP contribution in [-0.4, -0.2) is 27.1 Å². The van der Waals surface area contributed by atoms with Crippen LogP contribution in [0.25, 0.3) is 0 Å². The van der Waals surface area contributed by atoms with Crippen molar-refractivity contribution in [1.29, 1.82) is 0 Å². The van der Waals surface area contributed by atoms with E-state index in [1.807, 2.05) is 12.1 Å². The number of hydrogen-bond acceptors (Lipinski definition) is 3. The molecule has 3 nitrogen and oxygen atoms in total. The number of rotatable bonds is 7. The molecule has 102 valence electrons. The molecule has 0 saturated carbocycles. The summed E-state index contributed by atoms with van der Waals surface area (Å²) in [7, 11) is 3.27. The number of hydrogen-bond donors (Lipinski definition) is 1. The lowest BCUT2D eigenvalue weighted by Crippen LogP contribution is -2.29. The van der Waals surface area contributed by atoms with Gasteiger partial charge in [0, 0.05) is 32.3 Å². The first-order chi connectivity index (χ1) is 8.62. The Bertz CT molecular complexity index is 378. The van der Waals surface area contributed by atoms with Gasteiger partial charge in [0.25, 0.3) is 0 Å². The summed E-state index contributed by atoms with van der Waals surface area (Å²) in [6.07, 6.45) is 0.799. The fraction of sp³-hybridized carbons (Fsp3) is 0.571. The van der Waals surface area contributed by atoms with Crippen molar-refractivity contribution in [3.05, 3.63) is 33.8 Å². The molecule has 0 amide bonds. The van der Waals surface area contributed by atoms with Gasteiger partial charge >= 0.3 is 0 Å². The summed E-state index contributed by atoms with van der Waals surface area (Å²) in [5.74, 6) is 0. The summed E-state index contributed by atoms with van der Waals surface area (Å²) < 4.78 is 10.3. The van der Waals surface area contributed by atoms with Gasteiger partial charge in [-0.2, -0.15) is 0 Å². The summed E-state index contributed by atoms with van der Waals surface area (Å²) >= 11 is 6.10. The quantitative estimate of drug-likeness (QED) is 0.774. The Balaban J connectivity index is 2.66. The summed E-state index contributed by atoms with van der Waals surface area (Å²) in [4.78, 5) is 0. The standard InChI is InChI=1S/C14H22ClNO2/c1-5-13-10(2)6-12(15)7-11(13)8-16-9-14(17-3)18-4/h6-7,14,16H,5,8-9H2,1-4H3. The van der Waals surface area contributed by atoms with E-state index in [4.69, 9.17) is 21.1 Å². The van der Waals surface area contributed by atoms with Crippen molar-refractivity contribution in [3.63, 3.8) is 0 Å². The summed E-state index contributed by atoms with van der Waals surface area (Å²) in [6.45, 7) is 5.68. The van der Waals surface area contributed by atoms with Crippen LogP contribution in [0.4, 0.5) is 0 Å². The number of ether oxygens (including phenoxy) is 2. The SMILES string of the molecule is CCc1c(C)cc(Cl)cc1CNCC(OC)OC. The number of halogens is 1. The van der Waals surface area contributed by atoms with Gasteiger partial charge in [-0.25, -0.2) is 0 Å². The molecule has 0 saturated heterocycles. The van der Waals surface area contributed by atoms with E-state index in [2.05, 4.69) is 19.2 Å². The molecule has 1 aromatic rings. The van der Waals surface area contributed by atoms with Crippen LogP contribution in [0.3, 0.4) is 0 Å². The molecule has 0 aliphatic rings. The molecule has 1 aromatic carbocycles. The number of methoxy groups -OCH3 is 2. The zero-order chi connectivity index (χ0) is 13.5. The van der Waals surface area contributed by atoms with E-state index in [0.29, 0.717) is 6.54 Å². The predicted octanol–water partition coefficient (Wildman–Crippen LogP) is 2.92. The minimum Gasteiger partial charge on any atom is -0.355 e. The molecule has 1 N–H and O–H groups in total. The number of benzene rings is 1. The second kappa shape index (κ2) is 7.74. The maximum atomic E-state index is 6.10. The monoisotopic (exact) mass is 271 g/mol. The molecule has 0 bridgehead atoms. The van der Waals surface area contributed by atoms with Crippen LogP contribution in [0.2, 0.25) is 5.02 Å². The van der Waals surface area contributed by atoms with Gasteiger partial charge in [-0.05, 0) is 42.2 Å². The van der Waals surface area contributed by atoms with Gasteiger partial charge in [0.05, 0.1) is 0 Å². The number of aryl methyl sites for hydroxylation is 1. The summed E-state index contributed by atoms with van der Waals surface area (Å²) in [5.41, 5.74) is 3.85. The van der Waals surface area contributed by atoms with Crippen LogP contribution in [0.5, 0.6) is 0 Å². The molecule has 0 fully saturated rings. The Hall–Kier alpha value is -0.610. The van der Waals surface area contributed by atoms with Crippen molar-refractivity contribution in [2.75, 3.05) is 20.8 Å². The van der Waals surface area contributed by atoms with Gasteiger partial charge in [-0.1, -0.05) is 18.5 Å². The van der Waals surface area contributed by atoms with Crippen LogP contribution in [-0.2, 0) is 22.4 Å². The molecule has 18 heavy (non-hydrogen) atoms. The van der Waals surface area contributed by atoms with E-state index in [0.717, 1.165) is 18.0 Å². The van der Waals surface area contributed by atoms with E-state index in [1.54, 1.807) is 14.2 Å². The average molecular weight is 272 g/mol. The third-order valence-electron chi connectivity index (χ3n) is 3.04. The Morgan fingerprint density at radius 1 is 1.28 bits per heavy atom. The topological polar surface area (TPSA) is 30.5 Å². The molecular formula is C14H22ClNO2. The Morgan fingerprint density at radius 3 is 2.50 bits per heavy atom. The summed E-state index contributed by atoms with van der Waals surface area (Å²) in [5, 5.41) is 4.11. The first kappa shape index (κ1) is 15.4. The van der Waals surface area contributed by atoms with Crippen molar-refractivity contribution in [2.24, 2.45) is 0 Å². The van der Waals surface area contributed by atoms with Gasteiger partial charge in [-0.15, -0.1) is 0 Å². The first-order valence-electron chi connectivity index (χ1n) is 6.16. The van der Waals surface area contributed by atoms with Crippen LogP contribution in [0, 0.1) is 6.92 Å². The van der Waals surface area contributed by atoms with E-state index >= 15 is 0 Å². The lowest BCUT2D eigenvalue weighted by Gasteiger charge is -2.16. The van der Waals surface area contributed by atoms with Gasteiger partial charge < -0.3 is 14.8 Å². The smallest absolute Gasteiger partial charge is 0.169 e. The Kier molecular flexibility index (Phi) is 6.65. The molecule has 0 atom stereocenters. The minimum atomic E-state index is -0.213. The van der Waals surface area contributed by atoms with Crippen molar-refractivity contribution in [2.45, 2.75) is 33.1 Å². The fourth-order valence-electron chi connectivity index (χ4n) is 2.09. The third-order valence-corrected chi connectivity index (χ3v) is 3.25. The average Bonchev–Trinajstić information content (AvgIpc) is 2.34. The highest BCUT2D eigenvalue weighted by Crippen LogP contribution is 2.21. The van der Waals surface area contributed by atoms with Crippen LogP contribution in [0.1, 0.15) is 23.6 Å². The van der Waals surface area contributed by atoms with Crippen molar-refractivity contribution >= 4 is 11.6 Å². The van der Waals surface area contributed by atoms with E-state index in [9.17, 15) is 0 Å². The predicted molar refractivity (Wildman–Crippen MR) is 75.1 cm³/mol.